The molecule has 5 heteroatoms. The highest BCUT2D eigenvalue weighted by atomic mass is 16.7. The summed E-state index contributed by atoms with van der Waals surface area (Å²) in [5.41, 5.74) is -0.537. The molecular formula is C11H20O5. The van der Waals surface area contributed by atoms with Crippen LogP contribution >= 0.6 is 0 Å². The zero-order chi connectivity index (χ0) is 12.3. The summed E-state index contributed by atoms with van der Waals surface area (Å²) in [5.74, 6) is -0.302. The quantitative estimate of drug-likeness (QED) is 0.725. The number of methoxy groups -OCH3 is 1. The van der Waals surface area contributed by atoms with Crippen LogP contribution in [0.15, 0.2) is 0 Å². The molecule has 0 aliphatic carbocycles. The van der Waals surface area contributed by atoms with Crippen molar-refractivity contribution in [3.63, 3.8) is 0 Å². The second kappa shape index (κ2) is 5.12. The summed E-state index contributed by atoms with van der Waals surface area (Å²) in [7, 11) is 1.51. The summed E-state index contributed by atoms with van der Waals surface area (Å²) >= 11 is 0. The Balaban J connectivity index is 2.36. The van der Waals surface area contributed by atoms with Crippen molar-refractivity contribution in [2.45, 2.75) is 45.7 Å². The van der Waals surface area contributed by atoms with Gasteiger partial charge in [-0.25, -0.2) is 0 Å². The Kier molecular flexibility index (Phi) is 4.29. The molecule has 1 aliphatic heterocycles. The van der Waals surface area contributed by atoms with Crippen molar-refractivity contribution < 1.29 is 24.1 Å². The van der Waals surface area contributed by atoms with Crippen molar-refractivity contribution in [3.05, 3.63) is 0 Å². The third-order valence-corrected chi connectivity index (χ3v) is 2.44. The van der Waals surface area contributed by atoms with Crippen molar-refractivity contribution in [1.29, 1.82) is 0 Å². The van der Waals surface area contributed by atoms with E-state index in [0.717, 1.165) is 0 Å². The minimum absolute atomic E-state index is 0.0666. The Bertz CT molecular complexity index is 245. The Morgan fingerprint density at radius 1 is 1.50 bits per heavy atom. The highest BCUT2D eigenvalue weighted by Crippen LogP contribution is 2.22. The largest absolute Gasteiger partial charge is 0.462 e. The average molecular weight is 232 g/mol. The molecule has 0 aromatic rings. The van der Waals surface area contributed by atoms with Crippen LogP contribution in [0.5, 0.6) is 0 Å². The lowest BCUT2D eigenvalue weighted by Gasteiger charge is -2.19. The number of carbonyl (C=O) groups excluding carboxylic acids is 1. The van der Waals surface area contributed by atoms with Gasteiger partial charge in [-0.15, -0.1) is 0 Å². The number of aliphatic hydroxyl groups is 1. The van der Waals surface area contributed by atoms with Crippen molar-refractivity contribution in [3.8, 4) is 0 Å². The molecule has 0 saturated carbocycles. The first-order valence-corrected chi connectivity index (χ1v) is 5.38. The van der Waals surface area contributed by atoms with E-state index in [1.54, 1.807) is 20.8 Å². The molecule has 3 atom stereocenters. The molecule has 1 aliphatic rings. The Morgan fingerprint density at radius 3 is 2.56 bits per heavy atom. The number of carbonyl (C=O) groups is 1. The Morgan fingerprint density at radius 2 is 2.12 bits per heavy atom. The molecular weight excluding hydrogens is 212 g/mol. The maximum absolute atomic E-state index is 11.5. The zero-order valence-corrected chi connectivity index (χ0v) is 10.2. The van der Waals surface area contributed by atoms with Gasteiger partial charge < -0.3 is 19.3 Å². The molecule has 5 nitrogen and oxygen atoms in total. The number of hydrogen-bond acceptors (Lipinski definition) is 5. The summed E-state index contributed by atoms with van der Waals surface area (Å²) in [6.07, 6.45) is -1.13. The lowest BCUT2D eigenvalue weighted by atomic mass is 9.97. The maximum Gasteiger partial charge on any atom is 0.311 e. The van der Waals surface area contributed by atoms with Crippen molar-refractivity contribution in [2.24, 2.45) is 5.41 Å². The number of hydrogen-bond donors (Lipinski definition) is 1. The predicted octanol–water partition coefficient (Wildman–Crippen LogP) is 0.698. The van der Waals surface area contributed by atoms with E-state index in [1.807, 2.05) is 0 Å². The van der Waals surface area contributed by atoms with E-state index in [4.69, 9.17) is 14.2 Å². The van der Waals surface area contributed by atoms with Gasteiger partial charge in [0.1, 0.15) is 12.7 Å². The fourth-order valence-corrected chi connectivity index (χ4v) is 1.37. The van der Waals surface area contributed by atoms with Crippen LogP contribution in [0.4, 0.5) is 0 Å². The molecule has 0 radical (unpaired) electrons. The minimum atomic E-state index is -0.641. The monoisotopic (exact) mass is 232 g/mol. The summed E-state index contributed by atoms with van der Waals surface area (Å²) in [6, 6.07) is 0. The second-order valence-corrected chi connectivity index (χ2v) is 4.99. The van der Waals surface area contributed by atoms with E-state index in [1.165, 1.54) is 7.11 Å². The third kappa shape index (κ3) is 3.43. The first kappa shape index (κ1) is 13.4. The van der Waals surface area contributed by atoms with Gasteiger partial charge in [0.15, 0.2) is 6.29 Å². The fraction of sp³-hybridized carbons (Fsp3) is 0.909. The van der Waals surface area contributed by atoms with Crippen LogP contribution < -0.4 is 0 Å². The SMILES string of the molecule is CO[C@H]1CC(O)[C@@H](COC(=O)C(C)(C)C)O1. The molecule has 1 saturated heterocycles. The van der Waals surface area contributed by atoms with Gasteiger partial charge in [0, 0.05) is 13.5 Å². The summed E-state index contributed by atoms with van der Waals surface area (Å²) in [6.45, 7) is 5.40. The molecule has 1 heterocycles. The van der Waals surface area contributed by atoms with Crippen LogP contribution in [0.25, 0.3) is 0 Å². The van der Waals surface area contributed by atoms with E-state index in [2.05, 4.69) is 0 Å². The first-order chi connectivity index (χ1) is 7.34. The lowest BCUT2D eigenvalue weighted by Crippen LogP contribution is -2.31. The van der Waals surface area contributed by atoms with Crippen LogP contribution in [0.3, 0.4) is 0 Å². The Hall–Kier alpha value is -0.650. The molecule has 0 bridgehead atoms. The topological polar surface area (TPSA) is 65.0 Å². The number of aliphatic hydroxyl groups excluding tert-OH is 1. The van der Waals surface area contributed by atoms with Crippen LogP contribution in [-0.4, -0.2) is 43.3 Å². The van der Waals surface area contributed by atoms with Gasteiger partial charge >= 0.3 is 5.97 Å². The number of rotatable bonds is 3. The van der Waals surface area contributed by atoms with Crippen molar-refractivity contribution >= 4 is 5.97 Å². The van der Waals surface area contributed by atoms with E-state index in [-0.39, 0.29) is 12.6 Å². The molecule has 0 aromatic heterocycles. The predicted molar refractivity (Wildman–Crippen MR) is 56.7 cm³/mol. The van der Waals surface area contributed by atoms with Crippen molar-refractivity contribution in [2.75, 3.05) is 13.7 Å². The molecule has 1 unspecified atom stereocenters. The standard InChI is InChI=1S/C11H20O5/c1-11(2,3)10(13)15-6-8-7(12)5-9(14-4)16-8/h7-9,12H,5-6H2,1-4H3/t7?,8-,9-/m1/s1. The molecule has 0 aromatic carbocycles. The highest BCUT2D eigenvalue weighted by Gasteiger charge is 2.35. The van der Waals surface area contributed by atoms with Gasteiger partial charge in [-0.05, 0) is 20.8 Å². The normalized spacial score (nSPS) is 30.4. The van der Waals surface area contributed by atoms with Crippen LogP contribution in [0, 0.1) is 5.41 Å². The minimum Gasteiger partial charge on any atom is -0.462 e. The lowest BCUT2D eigenvalue weighted by molar-refractivity contribution is -0.165. The van der Waals surface area contributed by atoms with E-state index < -0.39 is 23.9 Å². The van der Waals surface area contributed by atoms with Crippen molar-refractivity contribution in [1.82, 2.24) is 0 Å². The third-order valence-electron chi connectivity index (χ3n) is 2.44. The molecule has 94 valence electrons. The number of esters is 1. The van der Waals surface area contributed by atoms with E-state index >= 15 is 0 Å². The summed E-state index contributed by atoms with van der Waals surface area (Å²) < 4.78 is 15.4. The molecule has 0 spiro atoms. The summed E-state index contributed by atoms with van der Waals surface area (Å²) in [5, 5.41) is 9.61. The van der Waals surface area contributed by atoms with Gasteiger partial charge in [0.05, 0.1) is 11.5 Å². The van der Waals surface area contributed by atoms with Gasteiger partial charge in [-0.2, -0.15) is 0 Å². The number of ether oxygens (including phenoxy) is 3. The maximum atomic E-state index is 11.5. The first-order valence-electron chi connectivity index (χ1n) is 5.38. The van der Waals surface area contributed by atoms with Crippen LogP contribution in [-0.2, 0) is 19.0 Å². The molecule has 16 heavy (non-hydrogen) atoms. The average Bonchev–Trinajstić information content (AvgIpc) is 2.54. The van der Waals surface area contributed by atoms with Gasteiger partial charge in [-0.1, -0.05) is 0 Å². The molecule has 1 N–H and O–H groups in total. The highest BCUT2D eigenvalue weighted by molar-refractivity contribution is 5.75. The van der Waals surface area contributed by atoms with E-state index in [9.17, 15) is 9.90 Å². The second-order valence-electron chi connectivity index (χ2n) is 4.99. The van der Waals surface area contributed by atoms with E-state index in [0.29, 0.717) is 6.42 Å². The smallest absolute Gasteiger partial charge is 0.311 e. The van der Waals surface area contributed by atoms with Crippen LogP contribution in [0.1, 0.15) is 27.2 Å². The summed E-state index contributed by atoms with van der Waals surface area (Å²) in [4.78, 5) is 11.5. The van der Waals surface area contributed by atoms with Gasteiger partial charge in [-0.3, -0.25) is 4.79 Å². The van der Waals surface area contributed by atoms with Gasteiger partial charge in [0.2, 0.25) is 0 Å². The fourth-order valence-electron chi connectivity index (χ4n) is 1.37. The molecule has 0 amide bonds. The van der Waals surface area contributed by atoms with Crippen LogP contribution in [0.2, 0.25) is 0 Å². The zero-order valence-electron chi connectivity index (χ0n) is 10.2. The molecule has 1 fully saturated rings. The Labute approximate surface area is 95.7 Å². The molecule has 1 rings (SSSR count). The van der Waals surface area contributed by atoms with Gasteiger partial charge in [0.25, 0.3) is 0 Å².